The van der Waals surface area contributed by atoms with Crippen molar-refractivity contribution in [3.63, 3.8) is 0 Å². The molecule has 0 spiro atoms. The zero-order valence-electron chi connectivity index (χ0n) is 12.9. The van der Waals surface area contributed by atoms with Gasteiger partial charge in [-0.2, -0.15) is 0 Å². The molecule has 2 aromatic carbocycles. The number of rotatable bonds is 4. The topological polar surface area (TPSA) is 61.4 Å². The Morgan fingerprint density at radius 3 is 2.14 bits per heavy atom. The molecule has 0 saturated heterocycles. The monoisotopic (exact) mass is 297 g/mol. The van der Waals surface area contributed by atoms with Gasteiger partial charge in [0.25, 0.3) is 5.91 Å². The van der Waals surface area contributed by atoms with Gasteiger partial charge in [-0.15, -0.1) is 0 Å². The number of anilines is 3. The Balaban J connectivity index is 2.17. The summed E-state index contributed by atoms with van der Waals surface area (Å²) in [4.78, 5) is 25.5. The van der Waals surface area contributed by atoms with Crippen molar-refractivity contribution < 1.29 is 9.59 Å². The smallest absolute Gasteiger partial charge is 0.257 e. The van der Waals surface area contributed by atoms with Crippen molar-refractivity contribution in [1.82, 2.24) is 0 Å². The summed E-state index contributed by atoms with van der Waals surface area (Å²) in [7, 11) is 3.91. The van der Waals surface area contributed by atoms with Gasteiger partial charge in [0.2, 0.25) is 5.91 Å². The number of hydrogen-bond donors (Lipinski definition) is 2. The van der Waals surface area contributed by atoms with Crippen LogP contribution in [0.3, 0.4) is 0 Å². The van der Waals surface area contributed by atoms with Gasteiger partial charge in [0.15, 0.2) is 0 Å². The molecule has 0 aliphatic rings. The molecule has 114 valence electrons. The highest BCUT2D eigenvalue weighted by molar-refractivity contribution is 6.09. The van der Waals surface area contributed by atoms with Crippen LogP contribution in [0.2, 0.25) is 0 Å². The fraction of sp³-hybridized carbons (Fsp3) is 0.176. The van der Waals surface area contributed by atoms with E-state index in [1.165, 1.54) is 6.92 Å². The number of carbonyl (C=O) groups excluding carboxylic acids is 2. The molecule has 0 aliphatic heterocycles. The Labute approximate surface area is 129 Å². The largest absolute Gasteiger partial charge is 0.378 e. The summed E-state index contributed by atoms with van der Waals surface area (Å²) in [6, 6.07) is 14.4. The van der Waals surface area contributed by atoms with Crippen LogP contribution in [-0.4, -0.2) is 25.9 Å². The molecular formula is C17H19N3O2. The van der Waals surface area contributed by atoms with E-state index < -0.39 is 0 Å². The van der Waals surface area contributed by atoms with Crippen molar-refractivity contribution in [3.05, 3.63) is 54.1 Å². The van der Waals surface area contributed by atoms with Crippen molar-refractivity contribution >= 4 is 28.9 Å². The minimum Gasteiger partial charge on any atom is -0.378 e. The van der Waals surface area contributed by atoms with Crippen LogP contribution in [0.5, 0.6) is 0 Å². The van der Waals surface area contributed by atoms with Crippen LogP contribution in [-0.2, 0) is 4.79 Å². The highest BCUT2D eigenvalue weighted by Gasteiger charge is 2.12. The summed E-state index contributed by atoms with van der Waals surface area (Å²) in [6.45, 7) is 1.41. The van der Waals surface area contributed by atoms with E-state index in [-0.39, 0.29) is 11.8 Å². The van der Waals surface area contributed by atoms with Crippen LogP contribution >= 0.6 is 0 Å². The summed E-state index contributed by atoms with van der Waals surface area (Å²) in [5.41, 5.74) is 2.68. The van der Waals surface area contributed by atoms with Gasteiger partial charge in [-0.3, -0.25) is 9.59 Å². The molecule has 5 nitrogen and oxygen atoms in total. The van der Waals surface area contributed by atoms with Gasteiger partial charge in [0.1, 0.15) is 0 Å². The summed E-state index contributed by atoms with van der Waals surface area (Å²) < 4.78 is 0. The molecule has 2 rings (SSSR count). The maximum absolute atomic E-state index is 12.4. The van der Waals surface area contributed by atoms with Gasteiger partial charge in [0.05, 0.1) is 11.3 Å². The SMILES string of the molecule is CC(=O)Nc1ccccc1C(=O)Nc1ccc(N(C)C)cc1. The molecule has 0 bridgehead atoms. The average Bonchev–Trinajstić information content (AvgIpc) is 2.47. The predicted molar refractivity (Wildman–Crippen MR) is 89.5 cm³/mol. The number of hydrogen-bond acceptors (Lipinski definition) is 3. The summed E-state index contributed by atoms with van der Waals surface area (Å²) in [6.07, 6.45) is 0. The fourth-order valence-corrected chi connectivity index (χ4v) is 2.02. The number of carbonyl (C=O) groups is 2. The molecule has 2 amide bonds. The Morgan fingerprint density at radius 2 is 1.55 bits per heavy atom. The standard InChI is InChI=1S/C17H19N3O2/c1-12(21)18-16-7-5-4-6-15(16)17(22)19-13-8-10-14(11-9-13)20(2)3/h4-11H,1-3H3,(H,18,21)(H,19,22). The highest BCUT2D eigenvalue weighted by atomic mass is 16.2. The van der Waals surface area contributed by atoms with Gasteiger partial charge in [0, 0.05) is 32.4 Å². The van der Waals surface area contributed by atoms with Crippen molar-refractivity contribution in [2.45, 2.75) is 6.92 Å². The number of amides is 2. The van der Waals surface area contributed by atoms with Crippen LogP contribution in [0.15, 0.2) is 48.5 Å². The van der Waals surface area contributed by atoms with Gasteiger partial charge in [-0.1, -0.05) is 12.1 Å². The van der Waals surface area contributed by atoms with Crippen molar-refractivity contribution in [1.29, 1.82) is 0 Å². The normalized spacial score (nSPS) is 9.95. The van der Waals surface area contributed by atoms with Crippen LogP contribution in [0.1, 0.15) is 17.3 Å². The van der Waals surface area contributed by atoms with E-state index >= 15 is 0 Å². The zero-order chi connectivity index (χ0) is 16.1. The summed E-state index contributed by atoms with van der Waals surface area (Å²) in [5.74, 6) is -0.475. The lowest BCUT2D eigenvalue weighted by Crippen LogP contribution is -2.16. The number of nitrogens with zero attached hydrogens (tertiary/aromatic N) is 1. The second-order valence-corrected chi connectivity index (χ2v) is 5.12. The van der Waals surface area contributed by atoms with Gasteiger partial charge in [-0.05, 0) is 36.4 Å². The molecule has 2 N–H and O–H groups in total. The molecule has 0 saturated carbocycles. The van der Waals surface area contributed by atoms with Gasteiger partial charge in [-0.25, -0.2) is 0 Å². The van der Waals surface area contributed by atoms with Gasteiger partial charge >= 0.3 is 0 Å². The van der Waals surface area contributed by atoms with E-state index in [9.17, 15) is 9.59 Å². The van der Waals surface area contributed by atoms with Crippen molar-refractivity contribution in [2.24, 2.45) is 0 Å². The molecule has 0 unspecified atom stereocenters. The van der Waals surface area contributed by atoms with Crippen LogP contribution in [0.4, 0.5) is 17.1 Å². The molecule has 5 heteroatoms. The molecular weight excluding hydrogens is 278 g/mol. The second kappa shape index (κ2) is 6.76. The van der Waals surface area contributed by atoms with Crippen LogP contribution in [0, 0.1) is 0 Å². The second-order valence-electron chi connectivity index (χ2n) is 5.12. The fourth-order valence-electron chi connectivity index (χ4n) is 2.02. The predicted octanol–water partition coefficient (Wildman–Crippen LogP) is 2.96. The summed E-state index contributed by atoms with van der Waals surface area (Å²) in [5, 5.41) is 5.49. The number of benzene rings is 2. The van der Waals surface area contributed by atoms with E-state index in [1.54, 1.807) is 24.3 Å². The maximum Gasteiger partial charge on any atom is 0.257 e. The van der Waals surface area contributed by atoms with E-state index in [4.69, 9.17) is 0 Å². The third-order valence-electron chi connectivity index (χ3n) is 3.12. The number of para-hydroxylation sites is 1. The lowest BCUT2D eigenvalue weighted by molar-refractivity contribution is -0.114. The Bertz CT molecular complexity index is 679. The third-order valence-corrected chi connectivity index (χ3v) is 3.12. The van der Waals surface area contributed by atoms with E-state index in [2.05, 4.69) is 10.6 Å². The zero-order valence-corrected chi connectivity index (χ0v) is 12.9. The first-order chi connectivity index (χ1) is 10.5. The third kappa shape index (κ3) is 3.85. The Kier molecular flexibility index (Phi) is 4.78. The quantitative estimate of drug-likeness (QED) is 0.912. The van der Waals surface area contributed by atoms with Crippen LogP contribution < -0.4 is 15.5 Å². The molecule has 0 fully saturated rings. The molecule has 22 heavy (non-hydrogen) atoms. The number of nitrogens with one attached hydrogen (secondary N) is 2. The first-order valence-electron chi connectivity index (χ1n) is 6.92. The molecule has 0 heterocycles. The van der Waals surface area contributed by atoms with Crippen LogP contribution in [0.25, 0.3) is 0 Å². The lowest BCUT2D eigenvalue weighted by atomic mass is 10.1. The highest BCUT2D eigenvalue weighted by Crippen LogP contribution is 2.19. The van der Waals surface area contributed by atoms with E-state index in [0.29, 0.717) is 16.9 Å². The van der Waals surface area contributed by atoms with E-state index in [1.807, 2.05) is 43.3 Å². The lowest BCUT2D eigenvalue weighted by Gasteiger charge is -2.14. The molecule has 0 atom stereocenters. The molecule has 0 aromatic heterocycles. The van der Waals surface area contributed by atoms with Crippen molar-refractivity contribution in [2.75, 3.05) is 29.6 Å². The van der Waals surface area contributed by atoms with Crippen molar-refractivity contribution in [3.8, 4) is 0 Å². The minimum absolute atomic E-state index is 0.212. The first-order valence-corrected chi connectivity index (χ1v) is 6.92. The van der Waals surface area contributed by atoms with Gasteiger partial charge < -0.3 is 15.5 Å². The average molecular weight is 297 g/mol. The molecule has 0 radical (unpaired) electrons. The molecule has 2 aromatic rings. The summed E-state index contributed by atoms with van der Waals surface area (Å²) >= 11 is 0. The Hall–Kier alpha value is -2.82. The maximum atomic E-state index is 12.4. The molecule has 0 aliphatic carbocycles. The Morgan fingerprint density at radius 1 is 0.909 bits per heavy atom. The van der Waals surface area contributed by atoms with E-state index in [0.717, 1.165) is 5.69 Å². The first kappa shape index (κ1) is 15.6. The minimum atomic E-state index is -0.262.